The molecule has 0 aliphatic carbocycles. The molecule has 1 aromatic carbocycles. The predicted molar refractivity (Wildman–Crippen MR) is 89.9 cm³/mol. The standard InChI is InChI=1S/C20H29O/c1-2-3-4-5-6-7-8-9-10-11-15-18-21-19-20-16-13-12-14-17-20/h12-14,16H,2-10,18-19H2,1H3. The molecule has 1 aromatic rings. The Labute approximate surface area is 131 Å². The average molecular weight is 285 g/mol. The van der Waals surface area contributed by atoms with Gasteiger partial charge < -0.3 is 4.74 Å². The number of hydrogen-bond acceptors (Lipinski definition) is 1. The third-order valence-electron chi connectivity index (χ3n) is 3.49. The van der Waals surface area contributed by atoms with Crippen molar-refractivity contribution >= 4 is 0 Å². The van der Waals surface area contributed by atoms with E-state index in [-0.39, 0.29) is 0 Å². The number of hydrogen-bond donors (Lipinski definition) is 0. The van der Waals surface area contributed by atoms with Crippen LogP contribution in [0.5, 0.6) is 0 Å². The summed E-state index contributed by atoms with van der Waals surface area (Å²) in [5.41, 5.74) is 1.09. The van der Waals surface area contributed by atoms with Crippen LogP contribution in [0.3, 0.4) is 0 Å². The van der Waals surface area contributed by atoms with Gasteiger partial charge in [0.1, 0.15) is 6.61 Å². The van der Waals surface area contributed by atoms with Crippen LogP contribution in [0.25, 0.3) is 0 Å². The molecule has 0 aliphatic rings. The van der Waals surface area contributed by atoms with Gasteiger partial charge in [0.15, 0.2) is 0 Å². The van der Waals surface area contributed by atoms with Gasteiger partial charge in [0.2, 0.25) is 0 Å². The molecule has 0 fully saturated rings. The molecule has 1 rings (SSSR count). The maximum atomic E-state index is 5.50. The Morgan fingerprint density at radius 2 is 1.71 bits per heavy atom. The minimum atomic E-state index is 0.528. The maximum absolute atomic E-state index is 5.50. The molecule has 0 aliphatic heterocycles. The summed E-state index contributed by atoms with van der Waals surface area (Å²) in [6, 6.07) is 11.0. The summed E-state index contributed by atoms with van der Waals surface area (Å²) in [4.78, 5) is 0. The first-order valence-electron chi connectivity index (χ1n) is 8.42. The quantitative estimate of drug-likeness (QED) is 0.383. The fourth-order valence-electron chi connectivity index (χ4n) is 2.22. The van der Waals surface area contributed by atoms with Crippen molar-refractivity contribution in [1.82, 2.24) is 0 Å². The molecule has 0 atom stereocenters. The van der Waals surface area contributed by atoms with Crippen LogP contribution in [0.2, 0.25) is 0 Å². The Kier molecular flexibility index (Phi) is 11.6. The Balaban J connectivity index is 1.85. The van der Waals surface area contributed by atoms with Gasteiger partial charge in [-0.15, -0.1) is 5.92 Å². The Morgan fingerprint density at radius 1 is 0.952 bits per heavy atom. The van der Waals surface area contributed by atoms with E-state index in [4.69, 9.17) is 4.74 Å². The third-order valence-corrected chi connectivity index (χ3v) is 3.49. The number of benzene rings is 1. The molecule has 0 saturated carbocycles. The lowest BCUT2D eigenvalue weighted by atomic mass is 10.1. The molecular weight excluding hydrogens is 256 g/mol. The van der Waals surface area contributed by atoms with Crippen molar-refractivity contribution < 1.29 is 4.74 Å². The van der Waals surface area contributed by atoms with Gasteiger partial charge in [-0.1, -0.05) is 82.1 Å². The zero-order valence-corrected chi connectivity index (χ0v) is 13.5. The third kappa shape index (κ3) is 11.1. The lowest BCUT2D eigenvalue weighted by Gasteiger charge is -1.99. The molecule has 1 nitrogen and oxygen atoms in total. The zero-order valence-electron chi connectivity index (χ0n) is 13.5. The number of unbranched alkanes of at least 4 members (excludes halogenated alkanes) is 8. The summed E-state index contributed by atoms with van der Waals surface area (Å²) < 4.78 is 5.50. The highest BCUT2D eigenvalue weighted by molar-refractivity contribution is 5.11. The average Bonchev–Trinajstić information content (AvgIpc) is 2.53. The second kappa shape index (κ2) is 13.7. The van der Waals surface area contributed by atoms with Crippen molar-refractivity contribution in [2.75, 3.05) is 6.61 Å². The van der Waals surface area contributed by atoms with Gasteiger partial charge in [0.05, 0.1) is 6.61 Å². The summed E-state index contributed by atoms with van der Waals surface area (Å²) >= 11 is 0. The highest BCUT2D eigenvalue weighted by Crippen LogP contribution is 2.09. The van der Waals surface area contributed by atoms with Crippen LogP contribution in [0, 0.1) is 17.9 Å². The van der Waals surface area contributed by atoms with Gasteiger partial charge in [-0.05, 0) is 18.1 Å². The van der Waals surface area contributed by atoms with Crippen molar-refractivity contribution in [3.63, 3.8) is 0 Å². The highest BCUT2D eigenvalue weighted by atomic mass is 16.5. The molecule has 0 spiro atoms. The fourth-order valence-corrected chi connectivity index (χ4v) is 2.22. The van der Waals surface area contributed by atoms with E-state index < -0.39 is 0 Å². The Bertz CT molecular complexity index is 385. The van der Waals surface area contributed by atoms with E-state index >= 15 is 0 Å². The van der Waals surface area contributed by atoms with Gasteiger partial charge in [-0.3, -0.25) is 0 Å². The molecule has 0 unspecified atom stereocenters. The molecule has 0 bridgehead atoms. The lowest BCUT2D eigenvalue weighted by Crippen LogP contribution is -1.92. The second-order valence-corrected chi connectivity index (χ2v) is 5.46. The molecule has 21 heavy (non-hydrogen) atoms. The van der Waals surface area contributed by atoms with Crippen molar-refractivity contribution in [3.05, 3.63) is 35.9 Å². The van der Waals surface area contributed by atoms with Crippen LogP contribution in [0.15, 0.2) is 24.3 Å². The number of rotatable bonds is 11. The normalized spacial score (nSPS) is 10.1. The van der Waals surface area contributed by atoms with E-state index in [1.165, 1.54) is 51.4 Å². The summed E-state index contributed by atoms with van der Waals surface area (Å²) in [7, 11) is 0. The summed E-state index contributed by atoms with van der Waals surface area (Å²) in [5.74, 6) is 6.29. The van der Waals surface area contributed by atoms with E-state index in [9.17, 15) is 0 Å². The van der Waals surface area contributed by atoms with Gasteiger partial charge in [-0.2, -0.15) is 0 Å². The smallest absolute Gasteiger partial charge is 0.108 e. The predicted octanol–water partition coefficient (Wildman–Crippen LogP) is 5.54. The fraction of sp³-hybridized carbons (Fsp3) is 0.600. The van der Waals surface area contributed by atoms with Crippen LogP contribution in [0.1, 0.15) is 70.3 Å². The summed E-state index contributed by atoms with van der Waals surface area (Å²) in [6.45, 7) is 3.40. The summed E-state index contributed by atoms with van der Waals surface area (Å²) in [6.07, 6.45) is 11.9. The van der Waals surface area contributed by atoms with Crippen LogP contribution >= 0.6 is 0 Å². The van der Waals surface area contributed by atoms with E-state index in [1.807, 2.05) is 24.3 Å². The SMILES string of the molecule is CCCCCCCCCCC#CCOCc1[c]cccc1. The van der Waals surface area contributed by atoms with E-state index in [0.29, 0.717) is 13.2 Å². The van der Waals surface area contributed by atoms with Crippen molar-refractivity contribution in [1.29, 1.82) is 0 Å². The van der Waals surface area contributed by atoms with Crippen LogP contribution in [-0.2, 0) is 11.3 Å². The molecule has 0 amide bonds. The molecular formula is C20H29O. The van der Waals surface area contributed by atoms with E-state index in [0.717, 1.165) is 12.0 Å². The minimum absolute atomic E-state index is 0.528. The molecule has 1 radical (unpaired) electrons. The second-order valence-electron chi connectivity index (χ2n) is 5.46. The Hall–Kier alpha value is -1.26. The first-order chi connectivity index (χ1) is 10.4. The van der Waals surface area contributed by atoms with Crippen molar-refractivity contribution in [2.24, 2.45) is 0 Å². The molecule has 0 aromatic heterocycles. The Morgan fingerprint density at radius 3 is 2.43 bits per heavy atom. The number of ether oxygens (including phenoxy) is 1. The first-order valence-corrected chi connectivity index (χ1v) is 8.42. The van der Waals surface area contributed by atoms with Crippen LogP contribution in [0.4, 0.5) is 0 Å². The lowest BCUT2D eigenvalue weighted by molar-refractivity contribution is 0.153. The molecule has 0 saturated heterocycles. The van der Waals surface area contributed by atoms with Gasteiger partial charge in [-0.25, -0.2) is 0 Å². The monoisotopic (exact) mass is 285 g/mol. The van der Waals surface area contributed by atoms with Crippen LogP contribution in [-0.4, -0.2) is 6.61 Å². The van der Waals surface area contributed by atoms with Crippen LogP contribution < -0.4 is 0 Å². The molecule has 1 heteroatoms. The molecule has 0 heterocycles. The van der Waals surface area contributed by atoms with Crippen molar-refractivity contribution in [3.8, 4) is 11.8 Å². The van der Waals surface area contributed by atoms with E-state index in [1.54, 1.807) is 0 Å². The van der Waals surface area contributed by atoms with Gasteiger partial charge >= 0.3 is 0 Å². The first kappa shape index (κ1) is 17.8. The summed E-state index contributed by atoms with van der Waals surface area (Å²) in [5, 5.41) is 0. The largest absolute Gasteiger partial charge is 0.364 e. The minimum Gasteiger partial charge on any atom is -0.364 e. The van der Waals surface area contributed by atoms with Crippen molar-refractivity contribution in [2.45, 2.75) is 71.3 Å². The van der Waals surface area contributed by atoms with E-state index in [2.05, 4.69) is 24.8 Å². The van der Waals surface area contributed by atoms with Gasteiger partial charge in [0, 0.05) is 6.42 Å². The highest BCUT2D eigenvalue weighted by Gasteiger charge is 1.91. The molecule has 115 valence electrons. The maximum Gasteiger partial charge on any atom is 0.108 e. The topological polar surface area (TPSA) is 9.23 Å². The van der Waals surface area contributed by atoms with Gasteiger partial charge in [0.25, 0.3) is 0 Å². The zero-order chi connectivity index (χ0) is 15.0. The molecule has 0 N–H and O–H groups in total.